The molecule has 0 spiro atoms. The van der Waals surface area contributed by atoms with E-state index in [1.807, 2.05) is 0 Å². The molecule has 1 aliphatic rings. The van der Waals surface area contributed by atoms with Crippen LogP contribution in [-0.2, 0) is 9.59 Å². The van der Waals surface area contributed by atoms with Crippen molar-refractivity contribution in [1.82, 2.24) is 5.32 Å². The highest BCUT2D eigenvalue weighted by molar-refractivity contribution is 6.32. The van der Waals surface area contributed by atoms with Gasteiger partial charge in [0.2, 0.25) is 0 Å². The zero-order chi connectivity index (χ0) is 24.2. The molecule has 10 heteroatoms. The summed E-state index contributed by atoms with van der Waals surface area (Å²) in [7, 11) is 0. The second-order valence-electron chi connectivity index (χ2n) is 7.14. The summed E-state index contributed by atoms with van der Waals surface area (Å²) in [6, 6.07) is 15.7. The number of anilines is 2. The predicted octanol–water partition coefficient (Wildman–Crippen LogP) is 5.25. The third kappa shape index (κ3) is 5.36. The van der Waals surface area contributed by atoms with Crippen molar-refractivity contribution in [2.24, 2.45) is 0 Å². The summed E-state index contributed by atoms with van der Waals surface area (Å²) < 4.78 is 18.4. The monoisotopic (exact) mass is 499 g/mol. The van der Waals surface area contributed by atoms with Crippen molar-refractivity contribution in [3.8, 4) is 5.75 Å². The molecular weight excluding hydrogens is 484 g/mol. The smallest absolute Gasteiger partial charge is 0.333 e. The van der Waals surface area contributed by atoms with Crippen molar-refractivity contribution < 1.29 is 23.5 Å². The van der Waals surface area contributed by atoms with Crippen LogP contribution in [0.1, 0.15) is 5.56 Å². The van der Waals surface area contributed by atoms with Gasteiger partial charge in [0.25, 0.3) is 11.8 Å². The van der Waals surface area contributed by atoms with Crippen LogP contribution in [0.3, 0.4) is 0 Å². The van der Waals surface area contributed by atoms with Gasteiger partial charge in [-0.2, -0.15) is 0 Å². The molecule has 7 nitrogen and oxygen atoms in total. The van der Waals surface area contributed by atoms with E-state index in [9.17, 15) is 18.8 Å². The lowest BCUT2D eigenvalue weighted by molar-refractivity contribution is -0.118. The molecule has 34 heavy (non-hydrogen) atoms. The molecule has 4 amide bonds. The molecule has 1 saturated heterocycles. The first-order chi connectivity index (χ1) is 16.3. The molecule has 0 saturated carbocycles. The van der Waals surface area contributed by atoms with Crippen molar-refractivity contribution in [2.45, 2.75) is 0 Å². The molecule has 0 atom stereocenters. The first-order valence-corrected chi connectivity index (χ1v) is 10.7. The minimum atomic E-state index is -0.586. The number of nitrogens with one attached hydrogen (secondary N) is 2. The summed E-state index contributed by atoms with van der Waals surface area (Å²) in [5.74, 6) is -1.13. The summed E-state index contributed by atoms with van der Waals surface area (Å²) in [4.78, 5) is 38.1. The number of hydrogen-bond acceptors (Lipinski definition) is 4. The number of halogens is 3. The minimum Gasteiger partial charge on any atom is -0.482 e. The molecule has 0 aliphatic carbocycles. The topological polar surface area (TPSA) is 87.7 Å². The van der Waals surface area contributed by atoms with Gasteiger partial charge in [0.05, 0.1) is 10.7 Å². The SMILES string of the molecule is O=C(COc1ccc(/C=C2/NC(=O)N(c3ccc(Cl)cc3)C2=O)cc1Cl)Nc1ccc(F)cc1. The zero-order valence-corrected chi connectivity index (χ0v) is 18.9. The lowest BCUT2D eigenvalue weighted by atomic mass is 10.2. The molecule has 3 aromatic rings. The number of urea groups is 1. The van der Waals surface area contributed by atoms with E-state index in [2.05, 4.69) is 10.6 Å². The standard InChI is InChI=1S/C24H16Cl2FN3O4/c25-15-2-8-18(9-3-15)30-23(32)20(29-24(30)33)12-14-1-10-21(19(26)11-14)34-13-22(31)28-17-6-4-16(27)5-7-17/h1-12H,13H2,(H,28,31)(H,29,33)/b20-12+. The summed E-state index contributed by atoms with van der Waals surface area (Å²) >= 11 is 12.1. The van der Waals surface area contributed by atoms with Crippen molar-refractivity contribution in [3.63, 3.8) is 0 Å². The Morgan fingerprint density at radius 3 is 2.41 bits per heavy atom. The maximum absolute atomic E-state index is 12.9. The quantitative estimate of drug-likeness (QED) is 0.358. The van der Waals surface area contributed by atoms with E-state index in [0.29, 0.717) is 22.0 Å². The van der Waals surface area contributed by atoms with Crippen LogP contribution >= 0.6 is 23.2 Å². The third-order valence-electron chi connectivity index (χ3n) is 4.72. The van der Waals surface area contributed by atoms with Gasteiger partial charge in [-0.25, -0.2) is 14.1 Å². The fourth-order valence-corrected chi connectivity index (χ4v) is 3.49. The third-order valence-corrected chi connectivity index (χ3v) is 5.26. The fraction of sp³-hybridized carbons (Fsp3) is 0.0417. The van der Waals surface area contributed by atoms with Gasteiger partial charge in [-0.3, -0.25) is 9.59 Å². The van der Waals surface area contributed by atoms with Crippen LogP contribution in [0.25, 0.3) is 6.08 Å². The highest BCUT2D eigenvalue weighted by atomic mass is 35.5. The number of nitrogens with zero attached hydrogens (tertiary/aromatic N) is 1. The van der Waals surface area contributed by atoms with Crippen LogP contribution in [0.2, 0.25) is 10.0 Å². The lowest BCUT2D eigenvalue weighted by Gasteiger charge is -2.11. The van der Waals surface area contributed by atoms with Crippen LogP contribution in [-0.4, -0.2) is 24.5 Å². The molecule has 0 unspecified atom stereocenters. The Bertz CT molecular complexity index is 1290. The maximum atomic E-state index is 12.9. The Balaban J connectivity index is 1.41. The molecule has 2 N–H and O–H groups in total. The summed E-state index contributed by atoms with van der Waals surface area (Å²) in [6.45, 7) is -0.317. The highest BCUT2D eigenvalue weighted by Gasteiger charge is 2.34. The molecule has 1 heterocycles. The van der Waals surface area contributed by atoms with Gasteiger partial charge >= 0.3 is 6.03 Å². The first-order valence-electron chi connectivity index (χ1n) is 9.90. The van der Waals surface area contributed by atoms with Crippen LogP contribution in [0.5, 0.6) is 5.75 Å². The molecule has 4 rings (SSSR count). The molecule has 0 aromatic heterocycles. The molecule has 3 aromatic carbocycles. The van der Waals surface area contributed by atoms with E-state index in [-0.39, 0.29) is 23.1 Å². The van der Waals surface area contributed by atoms with Crippen molar-refractivity contribution in [2.75, 3.05) is 16.8 Å². The number of amides is 4. The Morgan fingerprint density at radius 1 is 1.03 bits per heavy atom. The average Bonchev–Trinajstić information content (AvgIpc) is 3.08. The van der Waals surface area contributed by atoms with Gasteiger partial charge in [0, 0.05) is 10.7 Å². The number of ether oxygens (including phenoxy) is 1. The van der Waals surface area contributed by atoms with E-state index in [4.69, 9.17) is 27.9 Å². The van der Waals surface area contributed by atoms with Gasteiger partial charge < -0.3 is 15.4 Å². The molecule has 1 fully saturated rings. The van der Waals surface area contributed by atoms with Crippen molar-refractivity contribution >= 4 is 58.5 Å². The number of rotatable bonds is 6. The first kappa shape index (κ1) is 23.3. The van der Waals surface area contributed by atoms with E-state index in [1.165, 1.54) is 42.5 Å². The van der Waals surface area contributed by atoms with Crippen LogP contribution in [0, 0.1) is 5.82 Å². The number of carbonyl (C=O) groups excluding carboxylic acids is 3. The van der Waals surface area contributed by atoms with E-state index < -0.39 is 23.7 Å². The normalized spacial score (nSPS) is 14.3. The second-order valence-corrected chi connectivity index (χ2v) is 7.98. The summed E-state index contributed by atoms with van der Waals surface area (Å²) in [6.07, 6.45) is 1.48. The summed E-state index contributed by atoms with van der Waals surface area (Å²) in [5, 5.41) is 5.79. The Morgan fingerprint density at radius 2 is 1.74 bits per heavy atom. The van der Waals surface area contributed by atoms with Gasteiger partial charge in [0.1, 0.15) is 17.3 Å². The Kier molecular flexibility index (Phi) is 6.81. The molecule has 0 radical (unpaired) electrons. The van der Waals surface area contributed by atoms with Gasteiger partial charge in [-0.05, 0) is 72.3 Å². The number of hydrogen-bond donors (Lipinski definition) is 2. The lowest BCUT2D eigenvalue weighted by Crippen LogP contribution is -2.30. The minimum absolute atomic E-state index is 0.0726. The van der Waals surface area contributed by atoms with Gasteiger partial charge in [-0.1, -0.05) is 29.3 Å². The number of benzene rings is 3. The molecule has 1 aliphatic heterocycles. The van der Waals surface area contributed by atoms with Crippen LogP contribution in [0.15, 0.2) is 72.4 Å². The van der Waals surface area contributed by atoms with E-state index in [1.54, 1.807) is 30.3 Å². The molecular formula is C24H16Cl2FN3O4. The molecule has 0 bridgehead atoms. The zero-order valence-electron chi connectivity index (χ0n) is 17.3. The maximum Gasteiger partial charge on any atom is 0.333 e. The fourth-order valence-electron chi connectivity index (χ4n) is 3.12. The molecule has 172 valence electrons. The summed E-state index contributed by atoms with van der Waals surface area (Å²) in [5.41, 5.74) is 1.42. The number of carbonyl (C=O) groups is 3. The van der Waals surface area contributed by atoms with Crippen molar-refractivity contribution in [3.05, 3.63) is 93.9 Å². The van der Waals surface area contributed by atoms with Gasteiger partial charge in [-0.15, -0.1) is 0 Å². The largest absolute Gasteiger partial charge is 0.482 e. The highest BCUT2D eigenvalue weighted by Crippen LogP contribution is 2.28. The Hall–Kier alpha value is -3.88. The van der Waals surface area contributed by atoms with Gasteiger partial charge in [0.15, 0.2) is 6.61 Å². The average molecular weight is 500 g/mol. The van der Waals surface area contributed by atoms with E-state index >= 15 is 0 Å². The van der Waals surface area contributed by atoms with Crippen molar-refractivity contribution in [1.29, 1.82) is 0 Å². The Labute approximate surface area is 203 Å². The number of imide groups is 1. The van der Waals surface area contributed by atoms with Crippen LogP contribution < -0.4 is 20.3 Å². The second kappa shape index (κ2) is 9.94. The van der Waals surface area contributed by atoms with E-state index in [0.717, 1.165) is 4.90 Å². The predicted molar refractivity (Wildman–Crippen MR) is 127 cm³/mol. The van der Waals surface area contributed by atoms with Crippen LogP contribution in [0.4, 0.5) is 20.6 Å².